The third kappa shape index (κ3) is 4.80. The van der Waals surface area contributed by atoms with Crippen molar-refractivity contribution < 1.29 is 4.74 Å². The lowest BCUT2D eigenvalue weighted by atomic mass is 10.1. The first-order chi connectivity index (χ1) is 9.79. The molecule has 1 heterocycles. The predicted molar refractivity (Wildman–Crippen MR) is 84.2 cm³/mol. The van der Waals surface area contributed by atoms with E-state index in [1.165, 1.54) is 31.4 Å². The maximum Gasteiger partial charge on any atom is 0.119 e. The Balaban J connectivity index is 1.73. The molecule has 0 saturated carbocycles. The number of hydrogen-bond donors (Lipinski definition) is 1. The van der Waals surface area contributed by atoms with Gasteiger partial charge < -0.3 is 15.0 Å². The second kappa shape index (κ2) is 8.28. The Morgan fingerprint density at radius 3 is 3.05 bits per heavy atom. The number of nitrogens with one attached hydrogen (secondary N) is 1. The Morgan fingerprint density at radius 1 is 1.40 bits per heavy atom. The van der Waals surface area contributed by atoms with Crippen molar-refractivity contribution in [1.29, 1.82) is 0 Å². The number of hydrogen-bond acceptors (Lipinski definition) is 3. The second-order valence-corrected chi connectivity index (χ2v) is 5.74. The fraction of sp³-hybridized carbons (Fsp3) is 0.647. The smallest absolute Gasteiger partial charge is 0.119 e. The topological polar surface area (TPSA) is 24.5 Å². The summed E-state index contributed by atoms with van der Waals surface area (Å²) in [5, 5.41) is 3.42. The van der Waals surface area contributed by atoms with Gasteiger partial charge in [0.2, 0.25) is 0 Å². The normalized spacial score (nSPS) is 19.4. The van der Waals surface area contributed by atoms with Gasteiger partial charge >= 0.3 is 0 Å². The maximum absolute atomic E-state index is 5.91. The van der Waals surface area contributed by atoms with Gasteiger partial charge in [0, 0.05) is 12.6 Å². The van der Waals surface area contributed by atoms with Crippen LogP contribution in [0.3, 0.4) is 0 Å². The molecule has 0 aliphatic carbocycles. The zero-order valence-electron chi connectivity index (χ0n) is 12.9. The molecule has 1 saturated heterocycles. The molecule has 1 fully saturated rings. The van der Waals surface area contributed by atoms with Crippen LogP contribution in [-0.2, 0) is 6.54 Å². The van der Waals surface area contributed by atoms with Gasteiger partial charge in [-0.15, -0.1) is 0 Å². The molecule has 20 heavy (non-hydrogen) atoms. The fourth-order valence-corrected chi connectivity index (χ4v) is 2.81. The van der Waals surface area contributed by atoms with Crippen LogP contribution < -0.4 is 10.1 Å². The highest BCUT2D eigenvalue weighted by Gasteiger charge is 2.20. The summed E-state index contributed by atoms with van der Waals surface area (Å²) in [7, 11) is 2.22. The Morgan fingerprint density at radius 2 is 2.30 bits per heavy atom. The number of rotatable bonds is 8. The Labute approximate surface area is 123 Å². The van der Waals surface area contributed by atoms with Crippen molar-refractivity contribution in [2.45, 2.75) is 45.2 Å². The summed E-state index contributed by atoms with van der Waals surface area (Å²) in [5.41, 5.74) is 1.30. The summed E-state index contributed by atoms with van der Waals surface area (Å²) in [4.78, 5) is 2.45. The largest absolute Gasteiger partial charge is 0.494 e. The SMILES string of the molecule is CCCNCc1cccc(OCCC2CCCN2C)c1. The summed E-state index contributed by atoms with van der Waals surface area (Å²) in [6.07, 6.45) is 4.96. The molecule has 1 aromatic rings. The first-order valence-electron chi connectivity index (χ1n) is 7.92. The van der Waals surface area contributed by atoms with E-state index in [9.17, 15) is 0 Å². The molecule has 1 aromatic carbocycles. The van der Waals surface area contributed by atoms with Crippen LogP contribution in [0.25, 0.3) is 0 Å². The minimum Gasteiger partial charge on any atom is -0.494 e. The fourth-order valence-electron chi connectivity index (χ4n) is 2.81. The molecule has 0 amide bonds. The highest BCUT2D eigenvalue weighted by Crippen LogP contribution is 2.19. The highest BCUT2D eigenvalue weighted by molar-refractivity contribution is 5.28. The van der Waals surface area contributed by atoms with Crippen LogP contribution in [0.15, 0.2) is 24.3 Å². The molecule has 3 heteroatoms. The third-order valence-electron chi connectivity index (χ3n) is 4.05. The summed E-state index contributed by atoms with van der Waals surface area (Å²) >= 11 is 0. The van der Waals surface area contributed by atoms with Crippen molar-refractivity contribution >= 4 is 0 Å². The minimum atomic E-state index is 0.712. The number of ether oxygens (including phenoxy) is 1. The van der Waals surface area contributed by atoms with Gasteiger partial charge in [0.15, 0.2) is 0 Å². The van der Waals surface area contributed by atoms with Crippen LogP contribution in [0.4, 0.5) is 0 Å². The molecule has 1 aliphatic rings. The van der Waals surface area contributed by atoms with E-state index in [1.54, 1.807) is 0 Å². The summed E-state index contributed by atoms with van der Waals surface area (Å²) in [6, 6.07) is 9.16. The zero-order valence-corrected chi connectivity index (χ0v) is 12.9. The molecule has 1 atom stereocenters. The molecule has 1 N–H and O–H groups in total. The van der Waals surface area contributed by atoms with E-state index >= 15 is 0 Å². The van der Waals surface area contributed by atoms with Crippen molar-refractivity contribution in [3.8, 4) is 5.75 Å². The van der Waals surface area contributed by atoms with Crippen LogP contribution in [0.2, 0.25) is 0 Å². The van der Waals surface area contributed by atoms with Gasteiger partial charge in [-0.3, -0.25) is 0 Å². The van der Waals surface area contributed by atoms with Crippen LogP contribution >= 0.6 is 0 Å². The quantitative estimate of drug-likeness (QED) is 0.739. The molecule has 112 valence electrons. The lowest BCUT2D eigenvalue weighted by Crippen LogP contribution is -2.26. The van der Waals surface area contributed by atoms with E-state index in [4.69, 9.17) is 4.74 Å². The molecule has 0 radical (unpaired) electrons. The van der Waals surface area contributed by atoms with Crippen LogP contribution in [0, 0.1) is 0 Å². The maximum atomic E-state index is 5.91. The number of likely N-dealkylation sites (tertiary alicyclic amines) is 1. The Bertz CT molecular complexity index is 394. The van der Waals surface area contributed by atoms with Gasteiger partial charge in [-0.1, -0.05) is 19.1 Å². The predicted octanol–water partition coefficient (Wildman–Crippen LogP) is 3.05. The summed E-state index contributed by atoms with van der Waals surface area (Å²) in [5.74, 6) is 1.00. The lowest BCUT2D eigenvalue weighted by Gasteiger charge is -2.19. The molecule has 1 aliphatic heterocycles. The van der Waals surface area contributed by atoms with Gasteiger partial charge in [0.1, 0.15) is 5.75 Å². The number of nitrogens with zero attached hydrogens (tertiary/aromatic N) is 1. The zero-order chi connectivity index (χ0) is 14.2. The van der Waals surface area contributed by atoms with E-state index in [0.29, 0.717) is 6.04 Å². The Kier molecular flexibility index (Phi) is 6.34. The monoisotopic (exact) mass is 276 g/mol. The van der Waals surface area contributed by atoms with Crippen LogP contribution in [0.1, 0.15) is 38.2 Å². The molecule has 2 rings (SSSR count). The van der Waals surface area contributed by atoms with E-state index in [0.717, 1.165) is 31.9 Å². The van der Waals surface area contributed by atoms with Crippen molar-refractivity contribution in [3.63, 3.8) is 0 Å². The van der Waals surface area contributed by atoms with E-state index in [1.807, 2.05) is 0 Å². The van der Waals surface area contributed by atoms with Crippen LogP contribution in [-0.4, -0.2) is 37.7 Å². The average molecular weight is 276 g/mol. The highest BCUT2D eigenvalue weighted by atomic mass is 16.5. The lowest BCUT2D eigenvalue weighted by molar-refractivity contribution is 0.233. The van der Waals surface area contributed by atoms with Gasteiger partial charge in [-0.05, 0) is 63.5 Å². The number of benzene rings is 1. The summed E-state index contributed by atoms with van der Waals surface area (Å²) < 4.78 is 5.91. The molecular weight excluding hydrogens is 248 g/mol. The second-order valence-electron chi connectivity index (χ2n) is 5.74. The van der Waals surface area contributed by atoms with Crippen LogP contribution in [0.5, 0.6) is 5.75 Å². The molecule has 0 bridgehead atoms. The first kappa shape index (κ1) is 15.3. The average Bonchev–Trinajstić information content (AvgIpc) is 2.85. The van der Waals surface area contributed by atoms with Gasteiger partial charge in [-0.25, -0.2) is 0 Å². The van der Waals surface area contributed by atoms with Gasteiger partial charge in [0.25, 0.3) is 0 Å². The molecule has 3 nitrogen and oxygen atoms in total. The van der Waals surface area contributed by atoms with Gasteiger partial charge in [0.05, 0.1) is 6.61 Å². The molecule has 0 aromatic heterocycles. The molecular formula is C17H28N2O. The third-order valence-corrected chi connectivity index (χ3v) is 4.05. The van der Waals surface area contributed by atoms with E-state index in [-0.39, 0.29) is 0 Å². The standard InChI is InChI=1S/C17H28N2O/c1-3-10-18-14-15-6-4-8-17(13-15)20-12-9-16-7-5-11-19(16)2/h4,6,8,13,16,18H,3,5,7,9-12,14H2,1-2H3. The van der Waals surface area contributed by atoms with Crippen molar-refractivity contribution in [3.05, 3.63) is 29.8 Å². The first-order valence-corrected chi connectivity index (χ1v) is 7.92. The van der Waals surface area contributed by atoms with Crippen molar-refractivity contribution in [2.24, 2.45) is 0 Å². The van der Waals surface area contributed by atoms with Crippen molar-refractivity contribution in [2.75, 3.05) is 26.7 Å². The molecule has 0 spiro atoms. The molecule has 1 unspecified atom stereocenters. The van der Waals surface area contributed by atoms with Gasteiger partial charge in [-0.2, -0.15) is 0 Å². The van der Waals surface area contributed by atoms with E-state index < -0.39 is 0 Å². The van der Waals surface area contributed by atoms with Crippen molar-refractivity contribution in [1.82, 2.24) is 10.2 Å². The Hall–Kier alpha value is -1.06. The minimum absolute atomic E-state index is 0.712. The summed E-state index contributed by atoms with van der Waals surface area (Å²) in [6.45, 7) is 6.24. The van der Waals surface area contributed by atoms with E-state index in [2.05, 4.69) is 48.5 Å².